The van der Waals surface area contributed by atoms with Crippen LogP contribution < -0.4 is 11.1 Å². The molecule has 0 spiro atoms. The topological polar surface area (TPSA) is 122 Å². The molecule has 3 N–H and O–H groups in total. The summed E-state index contributed by atoms with van der Waals surface area (Å²) in [5, 5.41) is 11.2. The summed E-state index contributed by atoms with van der Waals surface area (Å²) in [6.07, 6.45) is -0.0326. The summed E-state index contributed by atoms with van der Waals surface area (Å²) in [4.78, 5) is 35.2. The van der Waals surface area contributed by atoms with Gasteiger partial charge in [-0.05, 0) is 37.1 Å². The van der Waals surface area contributed by atoms with Crippen molar-refractivity contribution in [3.05, 3.63) is 35.4 Å². The van der Waals surface area contributed by atoms with Crippen molar-refractivity contribution in [3.8, 4) is 6.07 Å². The highest BCUT2D eigenvalue weighted by Crippen LogP contribution is 2.11. The number of carbonyl (C=O) groups excluding carboxylic acids is 3. The van der Waals surface area contributed by atoms with Crippen molar-refractivity contribution in [2.24, 2.45) is 11.7 Å². The van der Waals surface area contributed by atoms with E-state index in [-0.39, 0.29) is 13.0 Å². The molecule has 0 radical (unpaired) electrons. The maximum Gasteiger partial charge on any atom is 0.306 e. The first kappa shape index (κ1) is 18.2. The van der Waals surface area contributed by atoms with E-state index in [1.54, 1.807) is 13.8 Å². The van der Waals surface area contributed by atoms with Gasteiger partial charge in [0.1, 0.15) is 6.04 Å². The number of hydrogen-bond donors (Lipinski definition) is 2. The third-order valence-electron chi connectivity index (χ3n) is 3.23. The zero-order valence-corrected chi connectivity index (χ0v) is 13.0. The number of rotatable bonds is 7. The molecule has 1 aromatic carbocycles. The van der Waals surface area contributed by atoms with Gasteiger partial charge in [-0.2, -0.15) is 5.26 Å². The number of benzene rings is 1. The Balaban J connectivity index is 2.78. The highest BCUT2D eigenvalue weighted by molar-refractivity contribution is 5.97. The van der Waals surface area contributed by atoms with Crippen LogP contribution in [0.1, 0.15) is 36.2 Å². The van der Waals surface area contributed by atoms with E-state index in [4.69, 9.17) is 15.7 Å². The SMILES string of the molecule is CCOC(=O)C[C@@H](C)[C@H](NC(=O)c1ccc(C#N)cc1)C(N)=O. The second kappa shape index (κ2) is 8.54. The zero-order valence-electron chi connectivity index (χ0n) is 13.0. The van der Waals surface area contributed by atoms with Crippen LogP contribution in [-0.4, -0.2) is 30.4 Å². The fourth-order valence-corrected chi connectivity index (χ4v) is 2.02. The lowest BCUT2D eigenvalue weighted by Gasteiger charge is -2.21. The molecule has 0 saturated heterocycles. The Morgan fingerprint density at radius 2 is 1.91 bits per heavy atom. The van der Waals surface area contributed by atoms with Crippen molar-refractivity contribution in [2.75, 3.05) is 6.61 Å². The second-order valence-corrected chi connectivity index (χ2v) is 5.03. The molecule has 0 bridgehead atoms. The number of nitrogens with one attached hydrogen (secondary N) is 1. The first-order valence-electron chi connectivity index (χ1n) is 7.15. The molecule has 0 aliphatic heterocycles. The van der Waals surface area contributed by atoms with Crippen LogP contribution in [0.5, 0.6) is 0 Å². The van der Waals surface area contributed by atoms with Crippen LogP contribution in [0.25, 0.3) is 0 Å². The van der Waals surface area contributed by atoms with Crippen LogP contribution >= 0.6 is 0 Å². The molecule has 7 nitrogen and oxygen atoms in total. The first-order valence-corrected chi connectivity index (χ1v) is 7.15. The zero-order chi connectivity index (χ0) is 17.4. The summed E-state index contributed by atoms with van der Waals surface area (Å²) < 4.78 is 4.82. The van der Waals surface area contributed by atoms with Crippen LogP contribution in [0.15, 0.2) is 24.3 Å². The lowest BCUT2D eigenvalue weighted by molar-refractivity contribution is -0.144. The molecule has 0 unspecified atom stereocenters. The third-order valence-corrected chi connectivity index (χ3v) is 3.23. The van der Waals surface area contributed by atoms with Crippen LogP contribution in [-0.2, 0) is 14.3 Å². The standard InChI is InChI=1S/C16H19N3O4/c1-3-23-13(20)8-10(2)14(15(18)21)19-16(22)12-6-4-11(9-17)5-7-12/h4-7,10,14H,3,8H2,1-2H3,(H2,18,21)(H,19,22)/t10-,14+/m1/s1. The molecule has 23 heavy (non-hydrogen) atoms. The summed E-state index contributed by atoms with van der Waals surface area (Å²) in [5.74, 6) is -2.20. The lowest BCUT2D eigenvalue weighted by Crippen LogP contribution is -2.49. The molecular formula is C16H19N3O4. The third kappa shape index (κ3) is 5.43. The molecule has 0 aliphatic carbocycles. The molecule has 1 aromatic rings. The Morgan fingerprint density at radius 3 is 2.39 bits per heavy atom. The smallest absolute Gasteiger partial charge is 0.306 e. The van der Waals surface area contributed by atoms with Gasteiger partial charge in [-0.15, -0.1) is 0 Å². The monoisotopic (exact) mass is 317 g/mol. The van der Waals surface area contributed by atoms with Gasteiger partial charge in [-0.25, -0.2) is 0 Å². The minimum atomic E-state index is -0.998. The van der Waals surface area contributed by atoms with E-state index in [0.29, 0.717) is 11.1 Å². The molecule has 122 valence electrons. The van der Waals surface area contributed by atoms with E-state index in [9.17, 15) is 14.4 Å². The van der Waals surface area contributed by atoms with Gasteiger partial charge >= 0.3 is 5.97 Å². The Labute approximate surface area is 134 Å². The normalized spacial score (nSPS) is 12.6. The Morgan fingerprint density at radius 1 is 1.30 bits per heavy atom. The molecule has 0 fully saturated rings. The van der Waals surface area contributed by atoms with E-state index in [0.717, 1.165) is 0 Å². The molecule has 0 saturated carbocycles. The molecule has 0 aliphatic rings. The molecule has 0 aromatic heterocycles. The van der Waals surface area contributed by atoms with E-state index in [1.807, 2.05) is 6.07 Å². The molecule has 7 heteroatoms. The minimum absolute atomic E-state index is 0.0326. The maximum atomic E-state index is 12.2. The number of nitrogens with two attached hydrogens (primary N) is 1. The summed E-state index contributed by atoms with van der Waals surface area (Å²) in [6.45, 7) is 3.55. The van der Waals surface area contributed by atoms with Gasteiger partial charge in [0.25, 0.3) is 5.91 Å². The van der Waals surface area contributed by atoms with E-state index < -0.39 is 29.7 Å². The van der Waals surface area contributed by atoms with Crippen molar-refractivity contribution in [1.82, 2.24) is 5.32 Å². The van der Waals surface area contributed by atoms with Gasteiger partial charge in [0, 0.05) is 5.56 Å². The summed E-state index contributed by atoms with van der Waals surface area (Å²) in [6, 6.07) is 6.89. The van der Waals surface area contributed by atoms with Gasteiger partial charge in [0.05, 0.1) is 24.7 Å². The predicted octanol–water partition coefficient (Wildman–Crippen LogP) is 0.731. The highest BCUT2D eigenvalue weighted by atomic mass is 16.5. The molecule has 0 heterocycles. The van der Waals surface area contributed by atoms with E-state index >= 15 is 0 Å². The number of ether oxygens (including phenoxy) is 1. The second-order valence-electron chi connectivity index (χ2n) is 5.03. The number of esters is 1. The Kier molecular flexibility index (Phi) is 6.74. The van der Waals surface area contributed by atoms with Gasteiger partial charge in [0.2, 0.25) is 5.91 Å². The number of amides is 2. The van der Waals surface area contributed by atoms with Gasteiger partial charge < -0.3 is 15.8 Å². The number of primary amides is 1. The highest BCUT2D eigenvalue weighted by Gasteiger charge is 2.27. The average molecular weight is 317 g/mol. The maximum absolute atomic E-state index is 12.2. The number of nitrogens with zero attached hydrogens (tertiary/aromatic N) is 1. The van der Waals surface area contributed by atoms with E-state index in [2.05, 4.69) is 5.32 Å². The molecular weight excluding hydrogens is 298 g/mol. The van der Waals surface area contributed by atoms with Crippen molar-refractivity contribution in [3.63, 3.8) is 0 Å². The summed E-state index contributed by atoms with van der Waals surface area (Å²) in [7, 11) is 0. The predicted molar refractivity (Wildman–Crippen MR) is 82.0 cm³/mol. The fraction of sp³-hybridized carbons (Fsp3) is 0.375. The molecule has 2 atom stereocenters. The number of hydrogen-bond acceptors (Lipinski definition) is 5. The quantitative estimate of drug-likeness (QED) is 0.718. The van der Waals surface area contributed by atoms with Crippen LogP contribution in [0, 0.1) is 17.2 Å². The Bertz CT molecular complexity index is 619. The van der Waals surface area contributed by atoms with Crippen LogP contribution in [0.3, 0.4) is 0 Å². The van der Waals surface area contributed by atoms with Crippen molar-refractivity contribution < 1.29 is 19.1 Å². The largest absolute Gasteiger partial charge is 0.466 e. The van der Waals surface area contributed by atoms with Crippen LogP contribution in [0.2, 0.25) is 0 Å². The fourth-order valence-electron chi connectivity index (χ4n) is 2.02. The van der Waals surface area contributed by atoms with Gasteiger partial charge in [-0.3, -0.25) is 14.4 Å². The number of nitriles is 1. The average Bonchev–Trinajstić information content (AvgIpc) is 2.52. The minimum Gasteiger partial charge on any atom is -0.466 e. The Hall–Kier alpha value is -2.88. The summed E-state index contributed by atoms with van der Waals surface area (Å²) in [5.41, 5.74) is 6.02. The first-order chi connectivity index (χ1) is 10.9. The van der Waals surface area contributed by atoms with Gasteiger partial charge in [0.15, 0.2) is 0 Å². The summed E-state index contributed by atoms with van der Waals surface area (Å²) >= 11 is 0. The van der Waals surface area contributed by atoms with Crippen molar-refractivity contribution in [2.45, 2.75) is 26.3 Å². The molecule has 2 amide bonds. The van der Waals surface area contributed by atoms with Crippen LogP contribution in [0.4, 0.5) is 0 Å². The number of carbonyl (C=O) groups is 3. The van der Waals surface area contributed by atoms with E-state index in [1.165, 1.54) is 24.3 Å². The van der Waals surface area contributed by atoms with Crippen molar-refractivity contribution in [1.29, 1.82) is 5.26 Å². The van der Waals surface area contributed by atoms with Crippen molar-refractivity contribution >= 4 is 17.8 Å². The lowest BCUT2D eigenvalue weighted by atomic mass is 9.97. The van der Waals surface area contributed by atoms with Gasteiger partial charge in [-0.1, -0.05) is 6.92 Å². The molecule has 1 rings (SSSR count).